The van der Waals surface area contributed by atoms with Gasteiger partial charge in [-0.3, -0.25) is 14.6 Å². The van der Waals surface area contributed by atoms with Crippen LogP contribution in [-0.2, 0) is 16.1 Å². The van der Waals surface area contributed by atoms with Crippen molar-refractivity contribution in [3.05, 3.63) is 24.2 Å². The molecule has 0 aromatic carbocycles. The van der Waals surface area contributed by atoms with Crippen LogP contribution in [0.5, 0.6) is 0 Å². The Balaban J connectivity index is 1.09. The van der Waals surface area contributed by atoms with Crippen LogP contribution in [0.4, 0.5) is 0 Å². The normalized spacial score (nSPS) is 29.7. The lowest BCUT2D eigenvalue weighted by molar-refractivity contribution is -0.151. The maximum atomic E-state index is 12.7. The number of rotatable bonds is 5. The second-order valence-corrected chi connectivity index (χ2v) is 9.64. The molecular formula is C23H35N3O3. The lowest BCUT2D eigenvalue weighted by Gasteiger charge is -2.43. The van der Waals surface area contributed by atoms with Crippen molar-refractivity contribution in [2.75, 3.05) is 45.8 Å². The molecule has 5 heterocycles. The van der Waals surface area contributed by atoms with Crippen molar-refractivity contribution in [3.8, 4) is 0 Å². The first-order valence-corrected chi connectivity index (χ1v) is 11.6. The van der Waals surface area contributed by atoms with Gasteiger partial charge in [0.15, 0.2) is 0 Å². The first-order valence-electron chi connectivity index (χ1n) is 11.6. The fourth-order valence-electron chi connectivity index (χ4n) is 5.98. The van der Waals surface area contributed by atoms with E-state index in [9.17, 15) is 4.79 Å². The van der Waals surface area contributed by atoms with Gasteiger partial charge in [-0.1, -0.05) is 0 Å². The fourth-order valence-corrected chi connectivity index (χ4v) is 5.98. The van der Waals surface area contributed by atoms with Crippen LogP contribution >= 0.6 is 0 Å². The number of esters is 1. The van der Waals surface area contributed by atoms with Crippen LogP contribution in [0, 0.1) is 5.41 Å². The van der Waals surface area contributed by atoms with E-state index >= 15 is 0 Å². The van der Waals surface area contributed by atoms with E-state index in [1.165, 1.54) is 38.8 Å². The number of piperidine rings is 2. The highest BCUT2D eigenvalue weighted by Crippen LogP contribution is 2.44. The topological polar surface area (TPSA) is 49.2 Å². The highest BCUT2D eigenvalue weighted by molar-refractivity contribution is 5.79. The summed E-state index contributed by atoms with van der Waals surface area (Å²) in [5.74, 6) is 1.15. The second-order valence-electron chi connectivity index (χ2n) is 9.64. The van der Waals surface area contributed by atoms with E-state index in [-0.39, 0.29) is 17.5 Å². The highest BCUT2D eigenvalue weighted by atomic mass is 16.6. The van der Waals surface area contributed by atoms with Crippen molar-refractivity contribution in [1.82, 2.24) is 14.7 Å². The molecule has 1 aromatic heterocycles. The van der Waals surface area contributed by atoms with Crippen LogP contribution < -0.4 is 0 Å². The molecule has 4 saturated heterocycles. The Morgan fingerprint density at radius 2 is 1.76 bits per heavy atom. The summed E-state index contributed by atoms with van der Waals surface area (Å²) in [5, 5.41) is 0. The van der Waals surface area contributed by atoms with Gasteiger partial charge < -0.3 is 14.1 Å². The molecular weight excluding hydrogens is 366 g/mol. The Bertz CT molecular complexity index is 670. The first-order chi connectivity index (χ1) is 14.2. The van der Waals surface area contributed by atoms with Crippen molar-refractivity contribution in [1.29, 1.82) is 0 Å². The van der Waals surface area contributed by atoms with E-state index in [0.717, 1.165) is 64.3 Å². The molecule has 4 aliphatic rings. The van der Waals surface area contributed by atoms with Gasteiger partial charge in [-0.15, -0.1) is 0 Å². The number of hydrogen-bond acceptors (Lipinski definition) is 6. The molecule has 160 valence electrons. The van der Waals surface area contributed by atoms with Gasteiger partial charge in [0.05, 0.1) is 18.2 Å². The van der Waals surface area contributed by atoms with E-state index in [0.29, 0.717) is 6.04 Å². The van der Waals surface area contributed by atoms with Crippen LogP contribution in [0.2, 0.25) is 0 Å². The molecule has 0 saturated carbocycles. The summed E-state index contributed by atoms with van der Waals surface area (Å²) >= 11 is 0. The molecule has 6 nitrogen and oxygen atoms in total. The maximum absolute atomic E-state index is 12.7. The Morgan fingerprint density at radius 1 is 1.00 bits per heavy atom. The zero-order valence-corrected chi connectivity index (χ0v) is 17.6. The largest absolute Gasteiger partial charge is 0.468 e. The zero-order chi connectivity index (χ0) is 19.7. The molecule has 0 radical (unpaired) electrons. The van der Waals surface area contributed by atoms with Crippen LogP contribution in [0.25, 0.3) is 0 Å². The van der Waals surface area contributed by atoms with Crippen molar-refractivity contribution >= 4 is 5.97 Å². The number of carbonyl (C=O) groups is 1. The molecule has 0 aliphatic carbocycles. The molecule has 1 spiro atoms. The molecule has 0 amide bonds. The van der Waals surface area contributed by atoms with Crippen LogP contribution in [0.15, 0.2) is 22.8 Å². The van der Waals surface area contributed by atoms with E-state index in [1.807, 2.05) is 6.07 Å². The van der Waals surface area contributed by atoms with Crippen molar-refractivity contribution in [3.63, 3.8) is 0 Å². The van der Waals surface area contributed by atoms with Gasteiger partial charge >= 0.3 is 5.97 Å². The summed E-state index contributed by atoms with van der Waals surface area (Å²) in [5.41, 5.74) is -0.194. The second kappa shape index (κ2) is 8.40. The number of cyclic esters (lactones) is 1. The third-order valence-electron chi connectivity index (χ3n) is 7.77. The number of ether oxygens (including phenoxy) is 1. The van der Waals surface area contributed by atoms with Gasteiger partial charge in [-0.05, 0) is 76.8 Å². The summed E-state index contributed by atoms with van der Waals surface area (Å²) in [7, 11) is 0. The quantitative estimate of drug-likeness (QED) is 0.707. The molecule has 1 unspecified atom stereocenters. The monoisotopic (exact) mass is 401 g/mol. The maximum Gasteiger partial charge on any atom is 0.312 e. The molecule has 0 bridgehead atoms. The fraction of sp³-hybridized carbons (Fsp3) is 0.783. The van der Waals surface area contributed by atoms with E-state index in [1.54, 1.807) is 6.26 Å². The minimum absolute atomic E-state index is 0.0922. The standard InChI is InChI=1S/C23H35N3O3/c27-22-23(16-21(29-22)18-24-9-1-2-10-24)7-13-26(14-8-23)19-5-11-25(12-6-19)17-20-4-3-15-28-20/h3-4,15,19,21H,1-2,5-14,16-18H2. The predicted molar refractivity (Wildman–Crippen MR) is 110 cm³/mol. The molecule has 4 fully saturated rings. The molecule has 5 rings (SSSR count). The Labute approximate surface area is 174 Å². The number of carbonyl (C=O) groups excluding carboxylic acids is 1. The summed E-state index contributed by atoms with van der Waals surface area (Å²) in [6.45, 7) is 8.59. The van der Waals surface area contributed by atoms with Gasteiger partial charge in [0.1, 0.15) is 11.9 Å². The zero-order valence-electron chi connectivity index (χ0n) is 17.6. The summed E-state index contributed by atoms with van der Waals surface area (Å²) in [6.07, 6.45) is 9.81. The molecule has 0 N–H and O–H groups in total. The summed E-state index contributed by atoms with van der Waals surface area (Å²) in [6, 6.07) is 4.70. The van der Waals surface area contributed by atoms with Gasteiger partial charge in [0, 0.05) is 32.1 Å². The highest BCUT2D eigenvalue weighted by Gasteiger charge is 2.51. The third kappa shape index (κ3) is 4.25. The predicted octanol–water partition coefficient (Wildman–Crippen LogP) is 2.74. The average molecular weight is 402 g/mol. The van der Waals surface area contributed by atoms with Gasteiger partial charge in [-0.2, -0.15) is 0 Å². The van der Waals surface area contributed by atoms with Crippen LogP contribution in [0.1, 0.15) is 50.7 Å². The Hall–Kier alpha value is -1.37. The Morgan fingerprint density at radius 3 is 2.45 bits per heavy atom. The Kier molecular flexibility index (Phi) is 5.67. The number of furan rings is 1. The molecule has 1 atom stereocenters. The van der Waals surface area contributed by atoms with Crippen LogP contribution in [-0.4, -0.2) is 78.6 Å². The van der Waals surface area contributed by atoms with E-state index < -0.39 is 0 Å². The first kappa shape index (κ1) is 19.6. The SMILES string of the molecule is O=C1OC(CN2CCCC2)CC12CCN(C1CCN(Cc3ccco3)CC1)CC2. The molecule has 6 heteroatoms. The number of nitrogens with zero attached hydrogens (tertiary/aromatic N) is 3. The minimum atomic E-state index is -0.194. The van der Waals surface area contributed by atoms with Gasteiger partial charge in [0.2, 0.25) is 0 Å². The summed E-state index contributed by atoms with van der Waals surface area (Å²) in [4.78, 5) is 20.4. The lowest BCUT2D eigenvalue weighted by atomic mass is 9.75. The molecule has 4 aliphatic heterocycles. The molecule has 29 heavy (non-hydrogen) atoms. The smallest absolute Gasteiger partial charge is 0.312 e. The van der Waals surface area contributed by atoms with Crippen molar-refractivity contribution < 1.29 is 13.9 Å². The third-order valence-corrected chi connectivity index (χ3v) is 7.77. The lowest BCUT2D eigenvalue weighted by Crippen LogP contribution is -2.50. The summed E-state index contributed by atoms with van der Waals surface area (Å²) < 4.78 is 11.3. The van der Waals surface area contributed by atoms with Crippen LogP contribution in [0.3, 0.4) is 0 Å². The van der Waals surface area contributed by atoms with E-state index in [2.05, 4.69) is 20.8 Å². The van der Waals surface area contributed by atoms with E-state index in [4.69, 9.17) is 9.15 Å². The molecule has 1 aromatic rings. The van der Waals surface area contributed by atoms with Gasteiger partial charge in [-0.25, -0.2) is 0 Å². The van der Waals surface area contributed by atoms with Crippen molar-refractivity contribution in [2.24, 2.45) is 5.41 Å². The minimum Gasteiger partial charge on any atom is -0.468 e. The van der Waals surface area contributed by atoms with Gasteiger partial charge in [0.25, 0.3) is 0 Å². The van der Waals surface area contributed by atoms with Crippen molar-refractivity contribution in [2.45, 2.75) is 63.6 Å². The number of likely N-dealkylation sites (tertiary alicyclic amines) is 3. The average Bonchev–Trinajstić information content (AvgIpc) is 3.48. The number of hydrogen-bond donors (Lipinski definition) is 0.